The second-order valence-corrected chi connectivity index (χ2v) is 36.3. The van der Waals surface area contributed by atoms with Crippen molar-refractivity contribution in [2.24, 2.45) is 5.73 Å². The molecule has 4 aliphatic rings. The summed E-state index contributed by atoms with van der Waals surface area (Å²) in [4.78, 5) is 124. The number of aromatic nitrogens is 12. The summed E-state index contributed by atoms with van der Waals surface area (Å²) in [6, 6.07) is 10.8. The lowest BCUT2D eigenvalue weighted by Crippen LogP contribution is -2.54. The van der Waals surface area contributed by atoms with Crippen LogP contribution in [0.1, 0.15) is 219 Å². The maximum absolute atomic E-state index is 13.4. The van der Waals surface area contributed by atoms with Crippen molar-refractivity contribution in [2.45, 2.75) is 241 Å². The highest BCUT2D eigenvalue weighted by molar-refractivity contribution is 7.10. The number of nitrogens with one attached hydrogen (secondary N) is 4. The molecule has 43 heteroatoms. The molecule has 0 aromatic carbocycles. The molecule has 1 saturated carbocycles. The molecule has 3 atom stereocenters. The standard InChI is InChI=1S/C24H33N7O4S.C20H28ClN5O4.C15H20ClN5O2.C15H20N6OS.C5HCl2N3/c1-15-11-19(36-29-15)28-20-17(12-25)26-13-18(27-20)31(22(33)35-24(5,6)7)16-9-8-10-30(14-16)21(32)34-23(2,3)4;1-19(2,3)29-17(27)25-9-7-8-13(12-25)26(18(28)30-20(4,5)6)15-11-23-14(10-22)16(21)24-15;1-15(2,3)23-14(22)21-6-4-5-10(9-21)19-12-8-18-11(7-17)13(16)20-12;1-9-7-12(23-21-9)20-15-13(14(16)22)17-8-11(19-15)18-10-5-3-2-4-6-10;6-4-2-9-3(1-8)5(7)10-4/h11,13,16H,8-10,14H2,1-7H3,(H,27,28);11,13H,7-9,12H2,1-6H3;8,10H,4-6,9H2,1-3H3,(H,19,20);7-8,10H,2-6H2,1H3,(H2,16,22)(H2,18,19,20);2H/t16-;13-;10-;;/m111../s1. The number of carbonyl (C=O) groups excluding carboxylic acids is 6. The van der Waals surface area contributed by atoms with Crippen molar-refractivity contribution in [1.29, 1.82) is 21.0 Å². The summed E-state index contributed by atoms with van der Waals surface area (Å²) < 4.78 is 36.1. The molecule has 7 aromatic heterocycles. The lowest BCUT2D eigenvalue weighted by Gasteiger charge is -2.39. The van der Waals surface area contributed by atoms with Crippen LogP contribution in [0.2, 0.25) is 20.6 Å². The van der Waals surface area contributed by atoms with Gasteiger partial charge in [0.1, 0.15) is 79.1 Å². The highest BCUT2D eigenvalue weighted by Gasteiger charge is 2.40. The van der Waals surface area contributed by atoms with Crippen molar-refractivity contribution >= 4 is 151 Å². The molecule has 3 aliphatic heterocycles. The van der Waals surface area contributed by atoms with Crippen molar-refractivity contribution < 1.29 is 52.5 Å². The van der Waals surface area contributed by atoms with E-state index in [1.807, 2.05) is 85.7 Å². The van der Waals surface area contributed by atoms with Gasteiger partial charge >= 0.3 is 30.5 Å². The van der Waals surface area contributed by atoms with Gasteiger partial charge in [-0.05, 0) is 204 Å². The Kier molecular flexibility index (Phi) is 35.3. The van der Waals surface area contributed by atoms with Gasteiger partial charge in [0.15, 0.2) is 67.2 Å². The molecule has 0 radical (unpaired) electrons. The zero-order chi connectivity index (χ0) is 90.2. The van der Waals surface area contributed by atoms with Gasteiger partial charge in [0.05, 0.1) is 54.5 Å². The zero-order valence-electron chi connectivity index (χ0n) is 71.2. The Balaban J connectivity index is 0.000000218. The van der Waals surface area contributed by atoms with Crippen molar-refractivity contribution in [3.05, 3.63) is 104 Å². The van der Waals surface area contributed by atoms with E-state index in [9.17, 15) is 34.0 Å². The molecule has 654 valence electrons. The number of amides is 6. The first-order valence-electron chi connectivity index (χ1n) is 39.0. The van der Waals surface area contributed by atoms with Gasteiger partial charge in [0.25, 0.3) is 5.91 Å². The van der Waals surface area contributed by atoms with Crippen LogP contribution < -0.4 is 36.8 Å². The first-order valence-corrected chi connectivity index (χ1v) is 42.0. The molecule has 6 amide bonds. The van der Waals surface area contributed by atoms with Gasteiger partial charge in [-0.3, -0.25) is 14.6 Å². The highest BCUT2D eigenvalue weighted by Crippen LogP contribution is 2.33. The fourth-order valence-electron chi connectivity index (χ4n) is 12.0. The average Bonchev–Trinajstić information content (AvgIpc) is 0.827. The molecular formula is C79H102Cl4N26O11S2. The summed E-state index contributed by atoms with van der Waals surface area (Å²) >= 11 is 25.3. The molecule has 0 unspecified atom stereocenters. The molecule has 37 nitrogen and oxygen atoms in total. The van der Waals surface area contributed by atoms with Gasteiger partial charge in [-0.15, -0.1) is 0 Å². The number of hydrogen-bond acceptors (Lipinski definition) is 33. The molecule has 1 aliphatic carbocycles. The van der Waals surface area contributed by atoms with Crippen LogP contribution in [0.4, 0.5) is 68.9 Å². The number of primary amides is 1. The summed E-state index contributed by atoms with van der Waals surface area (Å²) in [7, 11) is 0. The van der Waals surface area contributed by atoms with Crippen LogP contribution in [0.5, 0.6) is 0 Å². The Bertz CT molecular complexity index is 4980. The number of halogens is 4. The van der Waals surface area contributed by atoms with E-state index in [1.165, 1.54) is 76.9 Å². The summed E-state index contributed by atoms with van der Waals surface area (Å²) in [5.74, 6) is 1.47. The van der Waals surface area contributed by atoms with E-state index in [1.54, 1.807) is 89.3 Å². The van der Waals surface area contributed by atoms with Gasteiger partial charge in [-0.25, -0.2) is 73.8 Å². The molecule has 4 fully saturated rings. The Morgan fingerprint density at radius 2 is 0.828 bits per heavy atom. The van der Waals surface area contributed by atoms with Crippen molar-refractivity contribution in [2.75, 3.05) is 70.3 Å². The Labute approximate surface area is 737 Å². The van der Waals surface area contributed by atoms with Crippen molar-refractivity contribution in [1.82, 2.24) is 73.3 Å². The number of hydrogen-bond donors (Lipinski definition) is 5. The van der Waals surface area contributed by atoms with Crippen LogP contribution in [0.15, 0.2) is 43.1 Å². The van der Waals surface area contributed by atoms with E-state index in [4.69, 9.17) is 91.6 Å². The summed E-state index contributed by atoms with van der Waals surface area (Å²) in [5.41, 5.74) is 4.21. The Morgan fingerprint density at radius 1 is 0.451 bits per heavy atom. The topological polar surface area (TPSA) is 489 Å². The molecule has 6 N–H and O–H groups in total. The largest absolute Gasteiger partial charge is 0.444 e. The lowest BCUT2D eigenvalue weighted by molar-refractivity contribution is 0.0176. The number of nitriles is 4. The second kappa shape index (κ2) is 44.0. The van der Waals surface area contributed by atoms with E-state index in [2.05, 4.69) is 79.9 Å². The third-order valence-corrected chi connectivity index (χ3v) is 19.5. The fourth-order valence-corrected chi connectivity index (χ4v) is 14.0. The number of ether oxygens (including phenoxy) is 5. The summed E-state index contributed by atoms with van der Waals surface area (Å²) in [5, 5.41) is 50.2. The number of piperidine rings is 3. The minimum absolute atomic E-state index is 0.0366. The number of likely N-dealkylation sites (tertiary alicyclic amines) is 3. The van der Waals surface area contributed by atoms with Crippen LogP contribution in [0, 0.1) is 59.2 Å². The first-order chi connectivity index (χ1) is 57.2. The van der Waals surface area contributed by atoms with Gasteiger partial charge < -0.3 is 65.4 Å². The van der Waals surface area contributed by atoms with Crippen LogP contribution in [0.25, 0.3) is 0 Å². The molecule has 11 rings (SSSR count). The minimum atomic E-state index is -0.754. The molecule has 0 spiro atoms. The highest BCUT2D eigenvalue weighted by atomic mass is 35.5. The number of carbonyl (C=O) groups is 6. The smallest absolute Gasteiger partial charge is 0.416 e. The third kappa shape index (κ3) is 32.0. The Hall–Kier alpha value is -11.2. The lowest BCUT2D eigenvalue weighted by atomic mass is 9.96. The fraction of sp³-hybridized carbons (Fsp3) is 0.544. The van der Waals surface area contributed by atoms with Gasteiger partial charge in [0, 0.05) is 51.4 Å². The number of anilines is 8. The number of rotatable bonds is 13. The minimum Gasteiger partial charge on any atom is -0.444 e. The maximum atomic E-state index is 13.4. The predicted molar refractivity (Wildman–Crippen MR) is 462 cm³/mol. The van der Waals surface area contributed by atoms with Crippen LogP contribution in [0.3, 0.4) is 0 Å². The zero-order valence-corrected chi connectivity index (χ0v) is 75.8. The normalized spacial score (nSPS) is 16.0. The monoisotopic (exact) mass is 1790 g/mol. The predicted octanol–water partition coefficient (Wildman–Crippen LogP) is 16.4. The Morgan fingerprint density at radius 3 is 1.25 bits per heavy atom. The average molecular weight is 1800 g/mol. The van der Waals surface area contributed by atoms with E-state index in [0.29, 0.717) is 80.4 Å². The molecule has 0 bridgehead atoms. The van der Waals surface area contributed by atoms with E-state index >= 15 is 0 Å². The molecular weight excluding hydrogens is 1690 g/mol. The number of nitrogens with zero attached hydrogens (tertiary/aromatic N) is 21. The summed E-state index contributed by atoms with van der Waals surface area (Å²) in [6.07, 6.45) is 14.9. The quantitative estimate of drug-likeness (QED) is 0.0669. The molecule has 122 heavy (non-hydrogen) atoms. The van der Waals surface area contributed by atoms with Crippen molar-refractivity contribution in [3.8, 4) is 24.3 Å². The molecule has 3 saturated heterocycles. The second-order valence-electron chi connectivity index (χ2n) is 33.2. The number of aryl methyl sites for hydroxylation is 2. The van der Waals surface area contributed by atoms with Gasteiger partial charge in [-0.1, -0.05) is 65.7 Å². The van der Waals surface area contributed by atoms with Gasteiger partial charge in [-0.2, -0.15) is 29.8 Å². The van der Waals surface area contributed by atoms with E-state index < -0.39 is 70.4 Å². The number of nitrogens with two attached hydrogens (primary N) is 1. The first kappa shape index (κ1) is 97.9. The van der Waals surface area contributed by atoms with E-state index in [-0.39, 0.29) is 91.8 Å². The molecule has 10 heterocycles. The maximum Gasteiger partial charge on any atom is 0.416 e. The van der Waals surface area contributed by atoms with Gasteiger partial charge in [0.2, 0.25) is 0 Å². The SMILES string of the molecule is CC(C)(C)OC(=O)N1CCC[C@@H](N(C(=O)OC(C)(C)C)c2cnc(C#N)c(Cl)n2)C1.CC(C)(C)OC(=O)N1CCC[C@@H](Nc2cnc(C#N)c(Cl)n2)C1.Cc1cc(Nc2nc(N(C(=O)OC(C)(C)C)[C@@H]3CCCN(C(=O)OC(C)(C)C)C3)cnc2C#N)sn1.Cc1cc(Nc2nc(NC3CCCCC3)cnc2C(N)=O)sn1.N#Cc1ncc(Cl)nc1Cl. The van der Waals surface area contributed by atoms with Crippen molar-refractivity contribution in [3.63, 3.8) is 0 Å². The van der Waals surface area contributed by atoms with Crippen LogP contribution in [-0.2, 0) is 23.7 Å². The van der Waals surface area contributed by atoms with E-state index in [0.717, 1.165) is 42.1 Å². The third-order valence-electron chi connectivity index (χ3n) is 17.0. The molecule has 7 aromatic rings. The van der Waals surface area contributed by atoms with Crippen LogP contribution >= 0.6 is 69.5 Å². The summed E-state index contributed by atoms with van der Waals surface area (Å²) in [6.45, 7) is 33.5. The van der Waals surface area contributed by atoms with Crippen LogP contribution in [-0.4, -0.2) is 201 Å².